The lowest BCUT2D eigenvalue weighted by atomic mass is 10.2. The average Bonchev–Trinajstić information content (AvgIpc) is 2.40. The Kier molecular flexibility index (Phi) is 4.34. The number of esters is 1. The Hall–Kier alpha value is -1.95. The molecule has 0 amide bonds. The fourth-order valence-electron chi connectivity index (χ4n) is 1.57. The van der Waals surface area contributed by atoms with Crippen LogP contribution in [-0.4, -0.2) is 5.97 Å². The summed E-state index contributed by atoms with van der Waals surface area (Å²) in [5.41, 5.74) is 6.27. The van der Waals surface area contributed by atoms with Gasteiger partial charge in [0.15, 0.2) is 0 Å². The minimum absolute atomic E-state index is 0.0387. The molecule has 2 aromatic carbocycles. The molecular formula is C14H10BrF2NO2. The minimum atomic E-state index is -0.738. The first-order valence-electron chi connectivity index (χ1n) is 5.63. The van der Waals surface area contributed by atoms with Crippen molar-refractivity contribution in [1.29, 1.82) is 0 Å². The lowest BCUT2D eigenvalue weighted by molar-refractivity contribution is 0.0472. The average molecular weight is 342 g/mol. The molecule has 0 bridgehead atoms. The molecule has 2 N–H and O–H groups in total. The number of anilines is 1. The van der Waals surface area contributed by atoms with Crippen molar-refractivity contribution < 1.29 is 18.3 Å². The fraction of sp³-hybridized carbons (Fsp3) is 0.0714. The number of hydrogen-bond acceptors (Lipinski definition) is 3. The zero-order chi connectivity index (χ0) is 14.7. The summed E-state index contributed by atoms with van der Waals surface area (Å²) in [5, 5.41) is 0. The molecule has 0 aromatic heterocycles. The first-order valence-corrected chi connectivity index (χ1v) is 6.43. The number of nitrogen functional groups attached to an aromatic ring is 1. The van der Waals surface area contributed by atoms with Crippen molar-refractivity contribution in [3.8, 4) is 0 Å². The topological polar surface area (TPSA) is 52.3 Å². The van der Waals surface area contributed by atoms with Crippen molar-refractivity contribution in [2.45, 2.75) is 6.61 Å². The molecule has 0 radical (unpaired) electrons. The van der Waals surface area contributed by atoms with Crippen LogP contribution in [-0.2, 0) is 11.3 Å². The third-order valence-electron chi connectivity index (χ3n) is 2.61. The molecular weight excluding hydrogens is 332 g/mol. The van der Waals surface area contributed by atoms with Gasteiger partial charge in [0.05, 0.1) is 5.56 Å². The highest BCUT2D eigenvalue weighted by atomic mass is 79.9. The highest BCUT2D eigenvalue weighted by Gasteiger charge is 2.13. The summed E-state index contributed by atoms with van der Waals surface area (Å²) in [4.78, 5) is 11.8. The molecule has 0 atom stereocenters. The molecule has 0 aliphatic rings. The van der Waals surface area contributed by atoms with Gasteiger partial charge in [-0.25, -0.2) is 13.6 Å². The first kappa shape index (κ1) is 14.5. The van der Waals surface area contributed by atoms with E-state index in [4.69, 9.17) is 10.5 Å². The van der Waals surface area contributed by atoms with Crippen LogP contribution in [0.15, 0.2) is 40.9 Å². The monoisotopic (exact) mass is 341 g/mol. The van der Waals surface area contributed by atoms with Crippen LogP contribution in [0.25, 0.3) is 0 Å². The first-order chi connectivity index (χ1) is 9.47. The van der Waals surface area contributed by atoms with E-state index in [-0.39, 0.29) is 17.9 Å². The van der Waals surface area contributed by atoms with Crippen LogP contribution < -0.4 is 5.73 Å². The summed E-state index contributed by atoms with van der Waals surface area (Å²) >= 11 is 3.16. The van der Waals surface area contributed by atoms with Gasteiger partial charge in [0, 0.05) is 15.7 Å². The van der Waals surface area contributed by atoms with Crippen molar-refractivity contribution in [1.82, 2.24) is 0 Å². The van der Waals surface area contributed by atoms with E-state index in [0.717, 1.165) is 12.1 Å². The van der Waals surface area contributed by atoms with Gasteiger partial charge in [0.1, 0.15) is 18.2 Å². The Bertz CT molecular complexity index is 662. The molecule has 2 aromatic rings. The molecule has 104 valence electrons. The van der Waals surface area contributed by atoms with Gasteiger partial charge in [0.25, 0.3) is 0 Å². The van der Waals surface area contributed by atoms with Gasteiger partial charge < -0.3 is 10.5 Å². The SMILES string of the molecule is Nc1ccc(F)cc1C(=O)OCc1ccc(F)cc1Br. The number of carbonyl (C=O) groups excluding carboxylic acids is 1. The van der Waals surface area contributed by atoms with E-state index in [1.165, 1.54) is 24.3 Å². The van der Waals surface area contributed by atoms with E-state index >= 15 is 0 Å². The highest BCUT2D eigenvalue weighted by Crippen LogP contribution is 2.20. The minimum Gasteiger partial charge on any atom is -0.457 e. The van der Waals surface area contributed by atoms with E-state index < -0.39 is 17.6 Å². The third-order valence-corrected chi connectivity index (χ3v) is 3.35. The highest BCUT2D eigenvalue weighted by molar-refractivity contribution is 9.10. The molecule has 2 rings (SSSR count). The second kappa shape index (κ2) is 6.00. The lowest BCUT2D eigenvalue weighted by Crippen LogP contribution is -2.09. The Balaban J connectivity index is 2.10. The molecule has 0 unspecified atom stereocenters. The number of hydrogen-bond donors (Lipinski definition) is 1. The van der Waals surface area contributed by atoms with Crippen molar-refractivity contribution in [3.63, 3.8) is 0 Å². The number of carbonyl (C=O) groups is 1. The quantitative estimate of drug-likeness (QED) is 0.684. The smallest absolute Gasteiger partial charge is 0.340 e. The number of ether oxygens (including phenoxy) is 1. The van der Waals surface area contributed by atoms with E-state index in [0.29, 0.717) is 10.0 Å². The molecule has 0 spiro atoms. The molecule has 3 nitrogen and oxygen atoms in total. The Labute approximate surface area is 122 Å². The van der Waals surface area contributed by atoms with Gasteiger partial charge >= 0.3 is 5.97 Å². The molecule has 0 aliphatic carbocycles. The van der Waals surface area contributed by atoms with Gasteiger partial charge in [-0.15, -0.1) is 0 Å². The summed E-state index contributed by atoms with van der Waals surface area (Å²) in [6.07, 6.45) is 0. The standard InChI is InChI=1S/C14H10BrF2NO2/c15-12-6-10(17)2-1-8(12)7-20-14(19)11-5-9(16)3-4-13(11)18/h1-6H,7,18H2. The van der Waals surface area contributed by atoms with Gasteiger partial charge in [-0.3, -0.25) is 0 Å². The van der Waals surface area contributed by atoms with Crippen LogP contribution in [0.1, 0.15) is 15.9 Å². The molecule has 6 heteroatoms. The predicted octanol–water partition coefficient (Wildman–Crippen LogP) is 3.67. The maximum Gasteiger partial charge on any atom is 0.340 e. The fourth-order valence-corrected chi connectivity index (χ4v) is 2.03. The van der Waals surface area contributed by atoms with E-state index in [1.807, 2.05) is 0 Å². The number of rotatable bonds is 3. The molecule has 20 heavy (non-hydrogen) atoms. The number of benzene rings is 2. The lowest BCUT2D eigenvalue weighted by Gasteiger charge is -2.08. The Morgan fingerprint density at radius 1 is 1.15 bits per heavy atom. The predicted molar refractivity (Wildman–Crippen MR) is 74.0 cm³/mol. The molecule has 0 saturated heterocycles. The maximum absolute atomic E-state index is 13.1. The van der Waals surface area contributed by atoms with E-state index in [1.54, 1.807) is 0 Å². The van der Waals surface area contributed by atoms with E-state index in [2.05, 4.69) is 15.9 Å². The number of halogens is 3. The summed E-state index contributed by atoms with van der Waals surface area (Å²) in [5.74, 6) is -1.71. The summed E-state index contributed by atoms with van der Waals surface area (Å²) in [7, 11) is 0. The Morgan fingerprint density at radius 3 is 2.50 bits per heavy atom. The van der Waals surface area contributed by atoms with Crippen LogP contribution in [0.2, 0.25) is 0 Å². The molecule has 0 heterocycles. The van der Waals surface area contributed by atoms with E-state index in [9.17, 15) is 13.6 Å². The zero-order valence-corrected chi connectivity index (χ0v) is 11.8. The molecule has 0 fully saturated rings. The van der Waals surface area contributed by atoms with Crippen LogP contribution in [0.4, 0.5) is 14.5 Å². The van der Waals surface area contributed by atoms with Crippen molar-refractivity contribution >= 4 is 27.6 Å². The summed E-state index contributed by atoms with van der Waals surface area (Å²) in [6, 6.07) is 7.46. The van der Waals surface area contributed by atoms with Gasteiger partial charge in [-0.2, -0.15) is 0 Å². The van der Waals surface area contributed by atoms with Crippen LogP contribution >= 0.6 is 15.9 Å². The van der Waals surface area contributed by atoms with Crippen molar-refractivity contribution in [2.24, 2.45) is 0 Å². The van der Waals surface area contributed by atoms with Crippen molar-refractivity contribution in [2.75, 3.05) is 5.73 Å². The van der Waals surface area contributed by atoms with Crippen LogP contribution in [0.5, 0.6) is 0 Å². The van der Waals surface area contributed by atoms with Crippen LogP contribution in [0, 0.1) is 11.6 Å². The van der Waals surface area contributed by atoms with Gasteiger partial charge in [-0.1, -0.05) is 22.0 Å². The molecule has 0 saturated carbocycles. The largest absolute Gasteiger partial charge is 0.457 e. The summed E-state index contributed by atoms with van der Waals surface area (Å²) < 4.78 is 31.5. The summed E-state index contributed by atoms with van der Waals surface area (Å²) in [6.45, 7) is -0.0738. The van der Waals surface area contributed by atoms with Crippen LogP contribution in [0.3, 0.4) is 0 Å². The van der Waals surface area contributed by atoms with Gasteiger partial charge in [-0.05, 0) is 30.3 Å². The Morgan fingerprint density at radius 2 is 1.80 bits per heavy atom. The normalized spacial score (nSPS) is 10.3. The van der Waals surface area contributed by atoms with Gasteiger partial charge in [0.2, 0.25) is 0 Å². The maximum atomic E-state index is 13.1. The second-order valence-corrected chi connectivity index (χ2v) is 4.90. The van der Waals surface area contributed by atoms with Crippen molar-refractivity contribution in [3.05, 3.63) is 63.6 Å². The third kappa shape index (κ3) is 3.33. The zero-order valence-electron chi connectivity index (χ0n) is 10.2. The number of nitrogens with two attached hydrogens (primary N) is 1. The second-order valence-electron chi connectivity index (χ2n) is 4.04. The molecule has 0 aliphatic heterocycles.